The third-order valence-corrected chi connectivity index (χ3v) is 6.91. The molecule has 0 spiro atoms. The Balaban J connectivity index is 1.38. The van der Waals surface area contributed by atoms with Gasteiger partial charge in [-0.25, -0.2) is 4.79 Å². The molecule has 0 saturated carbocycles. The maximum absolute atomic E-state index is 12.8. The smallest absolute Gasteiger partial charge is 0.335 e. The van der Waals surface area contributed by atoms with Crippen molar-refractivity contribution in [2.75, 3.05) is 0 Å². The zero-order chi connectivity index (χ0) is 24.5. The number of carboxylic acid groups (broad SMARTS) is 1. The first-order chi connectivity index (χ1) is 16.9. The lowest BCUT2D eigenvalue weighted by atomic mass is 9.96. The molecule has 7 heteroatoms. The van der Waals surface area contributed by atoms with Gasteiger partial charge in [0.1, 0.15) is 11.5 Å². The van der Waals surface area contributed by atoms with Crippen LogP contribution in [0.2, 0.25) is 0 Å². The molecule has 0 aliphatic heterocycles. The first-order valence-corrected chi connectivity index (χ1v) is 11.8. The maximum Gasteiger partial charge on any atom is 0.335 e. The van der Waals surface area contributed by atoms with Crippen LogP contribution in [0.1, 0.15) is 37.4 Å². The molecular weight excluding hydrogens is 462 g/mol. The number of aromatic carboxylic acids is 1. The number of hydrogen-bond donors (Lipinski definition) is 4. The van der Waals surface area contributed by atoms with Gasteiger partial charge in [0.2, 0.25) is 0 Å². The van der Waals surface area contributed by atoms with Crippen LogP contribution in [0.25, 0.3) is 20.9 Å². The molecule has 0 saturated heterocycles. The van der Waals surface area contributed by atoms with Gasteiger partial charge in [-0.1, -0.05) is 24.3 Å². The van der Waals surface area contributed by atoms with Crippen LogP contribution in [-0.2, 0) is 13.0 Å². The Kier molecular flexibility index (Phi) is 5.84. The first-order valence-electron chi connectivity index (χ1n) is 10.9. The summed E-state index contributed by atoms with van der Waals surface area (Å²) in [4.78, 5) is 23.9. The minimum atomic E-state index is -1.02. The highest BCUT2D eigenvalue weighted by molar-refractivity contribution is 7.17. The van der Waals surface area contributed by atoms with Crippen molar-refractivity contribution < 1.29 is 24.9 Å². The predicted octanol–water partition coefficient (Wildman–Crippen LogP) is 5.68. The Morgan fingerprint density at radius 2 is 1.54 bits per heavy atom. The van der Waals surface area contributed by atoms with Crippen molar-refractivity contribution in [3.63, 3.8) is 0 Å². The molecule has 1 heterocycles. The Labute approximate surface area is 204 Å². The number of rotatable bonds is 6. The first kappa shape index (κ1) is 22.4. The van der Waals surface area contributed by atoms with Gasteiger partial charge >= 0.3 is 5.97 Å². The van der Waals surface area contributed by atoms with Crippen LogP contribution in [0.3, 0.4) is 0 Å². The van der Waals surface area contributed by atoms with Crippen molar-refractivity contribution in [1.29, 1.82) is 0 Å². The summed E-state index contributed by atoms with van der Waals surface area (Å²) in [5.74, 6) is -1.47. The van der Waals surface area contributed by atoms with Crippen LogP contribution >= 0.6 is 11.3 Å². The monoisotopic (exact) mass is 483 g/mol. The van der Waals surface area contributed by atoms with Gasteiger partial charge in [0.15, 0.2) is 0 Å². The average molecular weight is 484 g/mol. The summed E-state index contributed by atoms with van der Waals surface area (Å²) in [5, 5.41) is 37.7. The van der Waals surface area contributed by atoms with Crippen LogP contribution in [0.4, 0.5) is 0 Å². The van der Waals surface area contributed by atoms with E-state index in [1.165, 1.54) is 16.8 Å². The van der Waals surface area contributed by atoms with Crippen molar-refractivity contribution in [2.24, 2.45) is 0 Å². The summed E-state index contributed by atoms with van der Waals surface area (Å²) >= 11 is 1.67. The van der Waals surface area contributed by atoms with Crippen molar-refractivity contribution in [3.05, 3.63) is 106 Å². The van der Waals surface area contributed by atoms with Gasteiger partial charge in [-0.15, -0.1) is 11.3 Å². The minimum Gasteiger partial charge on any atom is -0.507 e. The summed E-state index contributed by atoms with van der Waals surface area (Å²) in [6.07, 6.45) is 0.203. The molecule has 4 aromatic carbocycles. The van der Waals surface area contributed by atoms with Gasteiger partial charge in [-0.2, -0.15) is 0 Å². The van der Waals surface area contributed by atoms with E-state index in [1.54, 1.807) is 47.7 Å². The van der Waals surface area contributed by atoms with Crippen molar-refractivity contribution in [3.8, 4) is 11.5 Å². The van der Waals surface area contributed by atoms with Crippen molar-refractivity contribution in [1.82, 2.24) is 5.32 Å². The molecule has 0 fully saturated rings. The summed E-state index contributed by atoms with van der Waals surface area (Å²) in [6.45, 7) is 0.377. The molecule has 5 aromatic rings. The van der Waals surface area contributed by atoms with E-state index in [-0.39, 0.29) is 29.4 Å². The van der Waals surface area contributed by atoms with Crippen molar-refractivity contribution in [2.45, 2.75) is 13.0 Å². The number of nitrogens with one attached hydrogen (secondary N) is 1. The van der Waals surface area contributed by atoms with Gasteiger partial charge in [-0.05, 0) is 75.8 Å². The third-order valence-electron chi connectivity index (χ3n) is 6.01. The lowest BCUT2D eigenvalue weighted by Gasteiger charge is -2.13. The van der Waals surface area contributed by atoms with Gasteiger partial charge in [0, 0.05) is 34.2 Å². The normalized spacial score (nSPS) is 11.1. The van der Waals surface area contributed by atoms with E-state index in [1.807, 2.05) is 23.6 Å². The number of hydrogen-bond acceptors (Lipinski definition) is 5. The van der Waals surface area contributed by atoms with Crippen LogP contribution in [0.15, 0.2) is 78.2 Å². The van der Waals surface area contributed by atoms with Gasteiger partial charge in [0.05, 0.1) is 5.56 Å². The summed E-state index contributed by atoms with van der Waals surface area (Å²) in [5.41, 5.74) is 2.59. The molecule has 0 aliphatic rings. The molecule has 0 aliphatic carbocycles. The molecule has 0 atom stereocenters. The maximum atomic E-state index is 12.8. The summed E-state index contributed by atoms with van der Waals surface area (Å²) in [6, 6.07) is 20.9. The highest BCUT2D eigenvalue weighted by Crippen LogP contribution is 2.37. The number of benzene rings is 4. The summed E-state index contributed by atoms with van der Waals surface area (Å²) in [7, 11) is 0. The molecule has 6 nitrogen and oxygen atoms in total. The fourth-order valence-electron chi connectivity index (χ4n) is 4.10. The number of aromatic hydroxyl groups is 2. The fraction of sp³-hybridized carbons (Fsp3) is 0.0714. The molecule has 0 radical (unpaired) electrons. The van der Waals surface area contributed by atoms with Crippen LogP contribution in [-0.4, -0.2) is 27.2 Å². The number of amides is 1. The summed E-state index contributed by atoms with van der Waals surface area (Å²) < 4.78 is 1.20. The van der Waals surface area contributed by atoms with E-state index in [9.17, 15) is 19.8 Å². The van der Waals surface area contributed by atoms with Crippen LogP contribution in [0.5, 0.6) is 11.5 Å². The molecule has 35 heavy (non-hydrogen) atoms. The number of fused-ring (bicyclic) bond motifs is 2. The van der Waals surface area contributed by atoms with E-state index in [2.05, 4.69) is 11.4 Å². The number of phenols is 2. The second-order valence-electron chi connectivity index (χ2n) is 8.31. The molecular formula is C28H21NO5S. The molecule has 0 bridgehead atoms. The Hall–Kier alpha value is -4.36. The predicted molar refractivity (Wildman–Crippen MR) is 136 cm³/mol. The Morgan fingerprint density at radius 1 is 0.800 bits per heavy atom. The number of carbonyl (C=O) groups excluding carboxylic acids is 1. The molecule has 1 amide bonds. The number of carboxylic acids is 1. The van der Waals surface area contributed by atoms with Crippen LogP contribution in [0, 0.1) is 0 Å². The zero-order valence-electron chi connectivity index (χ0n) is 18.5. The lowest BCUT2D eigenvalue weighted by molar-refractivity contribution is 0.0696. The lowest BCUT2D eigenvalue weighted by Crippen LogP contribution is -2.22. The molecule has 4 N–H and O–H groups in total. The molecule has 1 aromatic heterocycles. The molecule has 174 valence electrons. The average Bonchev–Trinajstić information content (AvgIpc) is 3.33. The second kappa shape index (κ2) is 9.12. The van der Waals surface area contributed by atoms with Gasteiger partial charge < -0.3 is 20.6 Å². The van der Waals surface area contributed by atoms with E-state index in [0.29, 0.717) is 28.4 Å². The quantitative estimate of drug-likeness (QED) is 0.248. The largest absolute Gasteiger partial charge is 0.507 e. The minimum absolute atomic E-state index is 0.0710. The Bertz CT molecular complexity index is 1590. The van der Waals surface area contributed by atoms with E-state index < -0.39 is 5.97 Å². The molecule has 5 rings (SSSR count). The zero-order valence-corrected chi connectivity index (χ0v) is 19.3. The van der Waals surface area contributed by atoms with E-state index in [0.717, 1.165) is 16.5 Å². The number of phenolic OH excluding ortho intramolecular Hbond substituents is 2. The molecule has 0 unspecified atom stereocenters. The van der Waals surface area contributed by atoms with Crippen LogP contribution < -0.4 is 5.32 Å². The third kappa shape index (κ3) is 4.54. The number of carbonyl (C=O) groups is 2. The fourth-order valence-corrected chi connectivity index (χ4v) is 4.87. The van der Waals surface area contributed by atoms with Crippen molar-refractivity contribution >= 4 is 44.1 Å². The topological polar surface area (TPSA) is 107 Å². The van der Waals surface area contributed by atoms with E-state index in [4.69, 9.17) is 5.11 Å². The van der Waals surface area contributed by atoms with Gasteiger partial charge in [-0.3, -0.25) is 4.79 Å². The second-order valence-corrected chi connectivity index (χ2v) is 9.26. The SMILES string of the molecule is O=C(O)c1ccc(Cc2c(O)cc3ccc(C(=O)NCc4ccc5sccc5c4)cc3c2O)cc1. The highest BCUT2D eigenvalue weighted by Gasteiger charge is 2.16. The number of thiophene rings is 1. The van der Waals surface area contributed by atoms with Gasteiger partial charge in [0.25, 0.3) is 5.91 Å². The van der Waals surface area contributed by atoms with E-state index >= 15 is 0 Å². The Morgan fingerprint density at radius 3 is 2.31 bits per heavy atom. The standard InChI is InChI=1S/C28H21NO5S/c30-24-14-19-6-7-21(27(32)29-15-17-3-8-25-20(11-17)9-10-35-25)13-22(19)26(31)23(24)12-16-1-4-18(5-2-16)28(33)34/h1-11,13-14,30-31H,12,15H2,(H,29,32)(H,33,34). The highest BCUT2D eigenvalue weighted by atomic mass is 32.1.